The topological polar surface area (TPSA) is 179 Å². The molecule has 0 aliphatic carbocycles. The average Bonchev–Trinajstić information content (AvgIpc) is 2.65. The number of fused-ring (bicyclic) bond motifs is 1. The van der Waals surface area contributed by atoms with Gasteiger partial charge in [-0.25, -0.2) is 4.79 Å². The van der Waals surface area contributed by atoms with E-state index in [4.69, 9.17) is 15.6 Å². The molecule has 10 heteroatoms. The number of aromatic hydroxyl groups is 1. The Labute approximate surface area is 173 Å². The van der Waals surface area contributed by atoms with Crippen LogP contribution in [-0.4, -0.2) is 68.7 Å². The zero-order valence-electron chi connectivity index (χ0n) is 16.8. The van der Waals surface area contributed by atoms with Crippen molar-refractivity contribution in [3.8, 4) is 5.75 Å². The van der Waals surface area contributed by atoms with Crippen molar-refractivity contribution < 1.29 is 39.5 Å². The van der Waals surface area contributed by atoms with Gasteiger partial charge in [-0.1, -0.05) is 26.0 Å². The maximum absolute atomic E-state index is 12.5. The summed E-state index contributed by atoms with van der Waals surface area (Å²) in [6.07, 6.45) is -4.47. The highest BCUT2D eigenvalue weighted by Gasteiger charge is 2.37. The molecule has 0 unspecified atom stereocenters. The lowest BCUT2D eigenvalue weighted by atomic mass is 9.90. The van der Waals surface area contributed by atoms with E-state index in [-0.39, 0.29) is 23.7 Å². The minimum atomic E-state index is -1.95. The molecule has 0 saturated carbocycles. The van der Waals surface area contributed by atoms with E-state index in [2.05, 4.69) is 5.32 Å². The second kappa shape index (κ2) is 9.88. The lowest BCUT2D eigenvalue weighted by Gasteiger charge is -2.33. The molecule has 1 aromatic rings. The van der Waals surface area contributed by atoms with Crippen molar-refractivity contribution in [1.82, 2.24) is 5.32 Å². The number of rotatable bonds is 9. The largest absolute Gasteiger partial charge is 0.507 e. The van der Waals surface area contributed by atoms with Gasteiger partial charge in [0.25, 0.3) is 5.91 Å². The molecule has 0 bridgehead atoms. The first-order valence-electron chi connectivity index (χ1n) is 9.67. The van der Waals surface area contributed by atoms with Crippen LogP contribution in [0.25, 0.3) is 0 Å². The summed E-state index contributed by atoms with van der Waals surface area (Å²) in [5.74, 6) is -3.04. The zero-order chi connectivity index (χ0) is 22.6. The van der Waals surface area contributed by atoms with Gasteiger partial charge >= 0.3 is 11.9 Å². The first kappa shape index (κ1) is 23.6. The van der Waals surface area contributed by atoms with Crippen molar-refractivity contribution in [2.75, 3.05) is 0 Å². The van der Waals surface area contributed by atoms with Crippen LogP contribution in [0.2, 0.25) is 0 Å². The second-order valence-electron chi connectivity index (χ2n) is 7.90. The minimum Gasteiger partial charge on any atom is -0.507 e. The van der Waals surface area contributed by atoms with E-state index < -0.39 is 54.7 Å². The van der Waals surface area contributed by atoms with Gasteiger partial charge in [-0.2, -0.15) is 0 Å². The number of nitrogens with one attached hydrogen (secondary N) is 1. The molecule has 1 aliphatic rings. The number of esters is 1. The molecule has 1 aliphatic heterocycles. The van der Waals surface area contributed by atoms with Crippen LogP contribution in [-0.2, 0) is 20.7 Å². The third-order valence-electron chi connectivity index (χ3n) is 4.96. The van der Waals surface area contributed by atoms with Crippen molar-refractivity contribution in [1.29, 1.82) is 0 Å². The number of carboxylic acid groups (broad SMARTS) is 1. The molecule has 1 heterocycles. The molecule has 1 amide bonds. The number of aliphatic hydroxyl groups excluding tert-OH is 2. The molecule has 1 aromatic carbocycles. The molecule has 30 heavy (non-hydrogen) atoms. The van der Waals surface area contributed by atoms with Crippen molar-refractivity contribution >= 4 is 17.8 Å². The number of aliphatic carboxylic acids is 1. The number of nitrogens with two attached hydrogens (primary N) is 1. The highest BCUT2D eigenvalue weighted by molar-refractivity contribution is 5.95. The van der Waals surface area contributed by atoms with Crippen LogP contribution in [0.5, 0.6) is 5.75 Å². The maximum Gasteiger partial charge on any atom is 0.342 e. The van der Waals surface area contributed by atoms with Gasteiger partial charge in [0.1, 0.15) is 23.5 Å². The van der Waals surface area contributed by atoms with Gasteiger partial charge in [0.05, 0.1) is 12.5 Å². The predicted octanol–water partition coefficient (Wildman–Crippen LogP) is -0.472. The fourth-order valence-corrected chi connectivity index (χ4v) is 3.46. The number of carbonyl (C=O) groups excluding carboxylic acids is 2. The van der Waals surface area contributed by atoms with Gasteiger partial charge in [0, 0.05) is 12.5 Å². The molecule has 2 rings (SSSR count). The summed E-state index contributed by atoms with van der Waals surface area (Å²) in [6, 6.07) is 2.64. The van der Waals surface area contributed by atoms with Crippen molar-refractivity contribution in [2.24, 2.45) is 11.7 Å². The Morgan fingerprint density at radius 2 is 1.97 bits per heavy atom. The third-order valence-corrected chi connectivity index (χ3v) is 4.96. The van der Waals surface area contributed by atoms with Crippen LogP contribution < -0.4 is 11.1 Å². The van der Waals surface area contributed by atoms with Gasteiger partial charge in [-0.05, 0) is 24.0 Å². The summed E-state index contributed by atoms with van der Waals surface area (Å²) in [6.45, 7) is 3.80. The lowest BCUT2D eigenvalue weighted by molar-refractivity contribution is -0.142. The van der Waals surface area contributed by atoms with E-state index in [0.717, 1.165) is 0 Å². The Morgan fingerprint density at radius 3 is 2.57 bits per heavy atom. The number of cyclic esters (lactones) is 1. The average molecular weight is 424 g/mol. The number of hydrogen-bond acceptors (Lipinski definition) is 8. The van der Waals surface area contributed by atoms with Gasteiger partial charge in [-0.3, -0.25) is 9.59 Å². The van der Waals surface area contributed by atoms with E-state index in [1.807, 2.05) is 13.8 Å². The van der Waals surface area contributed by atoms with Crippen molar-refractivity contribution in [3.63, 3.8) is 0 Å². The quantitative estimate of drug-likeness (QED) is 0.286. The van der Waals surface area contributed by atoms with Gasteiger partial charge in [0.2, 0.25) is 0 Å². The Bertz CT molecular complexity index is 797. The van der Waals surface area contributed by atoms with Crippen molar-refractivity contribution in [2.45, 2.75) is 63.5 Å². The number of hydrogen-bond donors (Lipinski definition) is 6. The molecular formula is C20H28N2O8. The van der Waals surface area contributed by atoms with E-state index in [0.29, 0.717) is 12.0 Å². The molecule has 0 aromatic heterocycles. The summed E-state index contributed by atoms with van der Waals surface area (Å²) >= 11 is 0. The van der Waals surface area contributed by atoms with Crippen LogP contribution in [0.1, 0.15) is 42.6 Å². The molecule has 10 nitrogen and oxygen atoms in total. The van der Waals surface area contributed by atoms with E-state index in [1.165, 1.54) is 6.07 Å². The monoisotopic (exact) mass is 424 g/mol. The van der Waals surface area contributed by atoms with Gasteiger partial charge in [-0.15, -0.1) is 0 Å². The summed E-state index contributed by atoms with van der Waals surface area (Å²) in [7, 11) is 0. The Morgan fingerprint density at radius 1 is 1.30 bits per heavy atom. The molecule has 0 spiro atoms. The van der Waals surface area contributed by atoms with Crippen LogP contribution in [0.15, 0.2) is 18.2 Å². The molecule has 0 radical (unpaired) electrons. The second-order valence-corrected chi connectivity index (χ2v) is 7.90. The SMILES string of the molecule is CC(C)C[C@H](NC(=O)[C@H](O)[C@H](O)[C@H](N)CC(=O)O)[C@H]1Cc2cccc(O)c2C(=O)O1. The van der Waals surface area contributed by atoms with Crippen molar-refractivity contribution in [3.05, 3.63) is 29.3 Å². The summed E-state index contributed by atoms with van der Waals surface area (Å²) < 4.78 is 5.44. The number of amides is 1. The Kier molecular flexibility index (Phi) is 7.77. The summed E-state index contributed by atoms with van der Waals surface area (Å²) in [5, 5.41) is 41.4. The van der Waals surface area contributed by atoms with E-state index in [1.54, 1.807) is 12.1 Å². The number of benzene rings is 1. The van der Waals surface area contributed by atoms with Crippen LogP contribution >= 0.6 is 0 Å². The predicted molar refractivity (Wildman–Crippen MR) is 105 cm³/mol. The fraction of sp³-hybridized carbons (Fsp3) is 0.550. The lowest BCUT2D eigenvalue weighted by Crippen LogP contribution is -2.56. The molecule has 0 fully saturated rings. The normalized spacial score (nSPS) is 19.9. The smallest absolute Gasteiger partial charge is 0.342 e. The number of carboxylic acids is 1. The molecule has 5 atom stereocenters. The standard InChI is InChI=1S/C20H28N2O8/c1-9(2)6-12(22-19(28)18(27)17(26)11(21)8-15(24)25)14-7-10-4-3-5-13(23)16(10)20(29)30-14/h3-5,9,11-12,14,17-18,23,26-27H,6-8,21H2,1-2H3,(H,22,28)(H,24,25)/t11-,12+,14-,17-,18-/m1/s1. The number of phenolic OH excluding ortho intramolecular Hbond substituents is 1. The number of carbonyl (C=O) groups is 3. The number of ether oxygens (including phenoxy) is 1. The fourth-order valence-electron chi connectivity index (χ4n) is 3.46. The highest BCUT2D eigenvalue weighted by atomic mass is 16.5. The molecule has 166 valence electrons. The molecule has 7 N–H and O–H groups in total. The van der Waals surface area contributed by atoms with E-state index >= 15 is 0 Å². The third kappa shape index (κ3) is 5.68. The number of aliphatic hydroxyl groups is 2. The Balaban J connectivity index is 2.15. The summed E-state index contributed by atoms with van der Waals surface area (Å²) in [4.78, 5) is 35.6. The van der Waals surface area contributed by atoms with Gasteiger partial charge < -0.3 is 36.2 Å². The van der Waals surface area contributed by atoms with Crippen LogP contribution in [0, 0.1) is 5.92 Å². The molecular weight excluding hydrogens is 396 g/mol. The summed E-state index contributed by atoms with van der Waals surface area (Å²) in [5.41, 5.74) is 6.19. The van der Waals surface area contributed by atoms with Crippen LogP contribution in [0.4, 0.5) is 0 Å². The highest BCUT2D eigenvalue weighted by Crippen LogP contribution is 2.30. The first-order valence-corrected chi connectivity index (χ1v) is 9.67. The van der Waals surface area contributed by atoms with Gasteiger partial charge in [0.15, 0.2) is 6.10 Å². The zero-order valence-corrected chi connectivity index (χ0v) is 16.8. The van der Waals surface area contributed by atoms with Crippen LogP contribution in [0.3, 0.4) is 0 Å². The van der Waals surface area contributed by atoms with E-state index in [9.17, 15) is 29.7 Å². The Hall–Kier alpha value is -2.69. The first-order chi connectivity index (χ1) is 14.0. The maximum atomic E-state index is 12.5. The minimum absolute atomic E-state index is 0.0819. The number of phenols is 1. The molecule has 0 saturated heterocycles.